The molecule has 2 aromatic rings. The maximum Gasteiger partial charge on any atom is 0.284 e. The first kappa shape index (κ1) is 13.5. The summed E-state index contributed by atoms with van der Waals surface area (Å²) in [5, 5.41) is 17.1. The Bertz CT molecular complexity index is 658. The van der Waals surface area contributed by atoms with Crippen LogP contribution in [0.25, 0.3) is 0 Å². The van der Waals surface area contributed by atoms with Gasteiger partial charge in [-0.25, -0.2) is 4.98 Å². The Morgan fingerprint density at radius 2 is 2.26 bits per heavy atom. The van der Waals surface area contributed by atoms with Gasteiger partial charge in [-0.15, -0.1) is 5.10 Å². The summed E-state index contributed by atoms with van der Waals surface area (Å²) in [5.41, 5.74) is -0.136. The van der Waals surface area contributed by atoms with Crippen molar-refractivity contribution in [2.45, 2.75) is 17.0 Å². The van der Waals surface area contributed by atoms with Gasteiger partial charge in [0.1, 0.15) is 5.82 Å². The van der Waals surface area contributed by atoms with Crippen molar-refractivity contribution >= 4 is 34.3 Å². The Morgan fingerprint density at radius 3 is 2.79 bits per heavy atom. The SMILES string of the molecule is Cc1nc(Sc2ccc(C(=O)Cl)cc2[N+](=O)[O-])n[nH]1. The van der Waals surface area contributed by atoms with Crippen molar-refractivity contribution in [3.8, 4) is 0 Å². The molecule has 7 nitrogen and oxygen atoms in total. The van der Waals surface area contributed by atoms with Crippen LogP contribution in [0.4, 0.5) is 5.69 Å². The van der Waals surface area contributed by atoms with Crippen LogP contribution >= 0.6 is 23.4 Å². The molecule has 2 rings (SSSR count). The zero-order chi connectivity index (χ0) is 14.0. The lowest BCUT2D eigenvalue weighted by Crippen LogP contribution is -1.95. The first-order chi connectivity index (χ1) is 8.97. The highest BCUT2D eigenvalue weighted by molar-refractivity contribution is 7.99. The van der Waals surface area contributed by atoms with E-state index in [9.17, 15) is 14.9 Å². The highest BCUT2D eigenvalue weighted by Gasteiger charge is 2.19. The second-order valence-electron chi connectivity index (χ2n) is 3.52. The molecule has 1 heterocycles. The minimum absolute atomic E-state index is 0.0730. The molecule has 0 saturated carbocycles. The molecule has 0 fully saturated rings. The standard InChI is InChI=1S/C10H7ClN4O3S/c1-5-12-10(14-13-5)19-8-3-2-6(9(11)16)4-7(8)15(17)18/h2-4H,1H3,(H,12,13,14). The molecule has 9 heteroatoms. The van der Waals surface area contributed by atoms with Crippen LogP contribution in [0.2, 0.25) is 0 Å². The summed E-state index contributed by atoms with van der Waals surface area (Å²) in [7, 11) is 0. The van der Waals surface area contributed by atoms with E-state index >= 15 is 0 Å². The van der Waals surface area contributed by atoms with E-state index in [0.717, 1.165) is 17.8 Å². The van der Waals surface area contributed by atoms with Crippen molar-refractivity contribution in [2.24, 2.45) is 0 Å². The van der Waals surface area contributed by atoms with Gasteiger partial charge in [-0.1, -0.05) is 0 Å². The smallest absolute Gasteiger partial charge is 0.276 e. The first-order valence-electron chi connectivity index (χ1n) is 5.02. The predicted molar refractivity (Wildman–Crippen MR) is 68.5 cm³/mol. The molecule has 0 saturated heterocycles. The van der Waals surface area contributed by atoms with Crippen molar-refractivity contribution in [2.75, 3.05) is 0 Å². The van der Waals surface area contributed by atoms with Gasteiger partial charge in [0.25, 0.3) is 10.9 Å². The normalized spacial score (nSPS) is 10.4. The number of carbonyl (C=O) groups excluding carboxylic acids is 1. The molecule has 98 valence electrons. The number of hydrogen-bond acceptors (Lipinski definition) is 6. The molecular weight excluding hydrogens is 292 g/mol. The van der Waals surface area contributed by atoms with Crippen molar-refractivity contribution in [3.05, 3.63) is 39.7 Å². The van der Waals surface area contributed by atoms with E-state index in [1.807, 2.05) is 0 Å². The van der Waals surface area contributed by atoms with Gasteiger partial charge in [0.2, 0.25) is 5.16 Å². The Morgan fingerprint density at radius 1 is 1.53 bits per heavy atom. The molecule has 0 radical (unpaired) electrons. The van der Waals surface area contributed by atoms with Crippen molar-refractivity contribution in [3.63, 3.8) is 0 Å². The quantitative estimate of drug-likeness (QED) is 0.528. The second kappa shape index (κ2) is 5.37. The summed E-state index contributed by atoms with van der Waals surface area (Å²) in [4.78, 5) is 25.8. The molecule has 0 spiro atoms. The topological polar surface area (TPSA) is 102 Å². The lowest BCUT2D eigenvalue weighted by atomic mass is 10.2. The van der Waals surface area contributed by atoms with Gasteiger partial charge < -0.3 is 0 Å². The number of H-pyrrole nitrogens is 1. The molecular formula is C10H7ClN4O3S. The van der Waals surface area contributed by atoms with Crippen LogP contribution < -0.4 is 0 Å². The molecule has 19 heavy (non-hydrogen) atoms. The number of benzene rings is 1. The molecule has 0 aliphatic rings. The van der Waals surface area contributed by atoms with Gasteiger partial charge in [-0.2, -0.15) is 0 Å². The van der Waals surface area contributed by atoms with Crippen molar-refractivity contribution in [1.82, 2.24) is 15.2 Å². The highest BCUT2D eigenvalue weighted by atomic mass is 35.5. The lowest BCUT2D eigenvalue weighted by Gasteiger charge is -2.01. The third-order valence-electron chi connectivity index (χ3n) is 2.16. The maximum atomic E-state index is 11.0. The molecule has 1 N–H and O–H groups in total. The molecule has 1 aromatic carbocycles. The van der Waals surface area contributed by atoms with E-state index in [0.29, 0.717) is 15.9 Å². The fourth-order valence-electron chi connectivity index (χ4n) is 1.33. The van der Waals surface area contributed by atoms with Crippen LogP contribution in [0.1, 0.15) is 16.2 Å². The minimum atomic E-state index is -0.742. The number of nitro benzene ring substituents is 1. The number of carbonyl (C=O) groups is 1. The van der Waals surface area contributed by atoms with Gasteiger partial charge in [0.05, 0.1) is 9.82 Å². The van der Waals surface area contributed by atoms with E-state index in [1.165, 1.54) is 12.1 Å². The molecule has 0 amide bonds. The number of rotatable bonds is 4. The number of aryl methyl sites for hydroxylation is 1. The van der Waals surface area contributed by atoms with E-state index in [-0.39, 0.29) is 11.3 Å². The number of hydrogen-bond donors (Lipinski definition) is 1. The average molecular weight is 299 g/mol. The summed E-state index contributed by atoms with van der Waals surface area (Å²) >= 11 is 6.33. The third kappa shape index (κ3) is 3.09. The largest absolute Gasteiger partial charge is 0.284 e. The van der Waals surface area contributed by atoms with E-state index in [4.69, 9.17) is 11.6 Å². The fraction of sp³-hybridized carbons (Fsp3) is 0.100. The number of nitrogens with zero attached hydrogens (tertiary/aromatic N) is 3. The van der Waals surface area contributed by atoms with Crippen molar-refractivity contribution < 1.29 is 9.72 Å². The van der Waals surface area contributed by atoms with Crippen LogP contribution in [0, 0.1) is 17.0 Å². The lowest BCUT2D eigenvalue weighted by molar-refractivity contribution is -0.387. The van der Waals surface area contributed by atoms with Crippen LogP contribution in [-0.2, 0) is 0 Å². The minimum Gasteiger partial charge on any atom is -0.276 e. The van der Waals surface area contributed by atoms with E-state index in [1.54, 1.807) is 6.92 Å². The Labute approximate surface area is 116 Å². The summed E-state index contributed by atoms with van der Waals surface area (Å²) in [6, 6.07) is 4.01. The zero-order valence-electron chi connectivity index (χ0n) is 9.58. The Balaban J connectivity index is 2.39. The maximum absolute atomic E-state index is 11.0. The van der Waals surface area contributed by atoms with Gasteiger partial charge in [0, 0.05) is 11.6 Å². The summed E-state index contributed by atoms with van der Waals surface area (Å²) in [6.45, 7) is 1.72. The van der Waals surface area contributed by atoms with Crippen LogP contribution in [0.5, 0.6) is 0 Å². The number of nitro groups is 1. The molecule has 0 unspecified atom stereocenters. The first-order valence-corrected chi connectivity index (χ1v) is 6.22. The number of aromatic amines is 1. The molecule has 0 aliphatic heterocycles. The van der Waals surface area contributed by atoms with E-state index in [2.05, 4.69) is 15.2 Å². The van der Waals surface area contributed by atoms with Crippen LogP contribution in [-0.4, -0.2) is 25.3 Å². The number of halogens is 1. The average Bonchev–Trinajstić information content (AvgIpc) is 2.74. The van der Waals surface area contributed by atoms with Crippen LogP contribution in [0.3, 0.4) is 0 Å². The summed E-state index contributed by atoms with van der Waals surface area (Å²) < 4.78 is 0. The van der Waals surface area contributed by atoms with Gasteiger partial charge in [-0.05, 0) is 42.4 Å². The monoisotopic (exact) mass is 298 g/mol. The summed E-state index contributed by atoms with van der Waals surface area (Å²) in [5.74, 6) is 0.609. The molecule has 1 aromatic heterocycles. The highest BCUT2D eigenvalue weighted by Crippen LogP contribution is 2.33. The van der Waals surface area contributed by atoms with E-state index < -0.39 is 10.2 Å². The Kier molecular flexibility index (Phi) is 3.82. The number of aromatic nitrogens is 3. The van der Waals surface area contributed by atoms with Gasteiger partial charge >= 0.3 is 0 Å². The zero-order valence-corrected chi connectivity index (χ0v) is 11.2. The van der Waals surface area contributed by atoms with Gasteiger partial charge in [0.15, 0.2) is 0 Å². The Hall–Kier alpha value is -1.93. The summed E-state index contributed by atoms with van der Waals surface area (Å²) in [6.07, 6.45) is 0. The van der Waals surface area contributed by atoms with Crippen molar-refractivity contribution in [1.29, 1.82) is 0 Å². The second-order valence-corrected chi connectivity index (χ2v) is 4.87. The molecule has 0 aliphatic carbocycles. The third-order valence-corrected chi connectivity index (χ3v) is 3.31. The van der Waals surface area contributed by atoms with Gasteiger partial charge in [-0.3, -0.25) is 20.0 Å². The number of nitrogens with one attached hydrogen (secondary N) is 1. The fourth-order valence-corrected chi connectivity index (χ4v) is 2.30. The predicted octanol–water partition coefficient (Wildman–Crippen LogP) is 2.55. The van der Waals surface area contributed by atoms with Crippen LogP contribution in [0.15, 0.2) is 28.3 Å². The molecule has 0 bridgehead atoms. The molecule has 0 atom stereocenters.